The maximum Gasteiger partial charge on any atom is 0.148 e. The Kier molecular flexibility index (Phi) is 5.43. The van der Waals surface area contributed by atoms with Crippen LogP contribution >= 0.6 is 22.6 Å². The molecule has 3 aromatic rings. The summed E-state index contributed by atoms with van der Waals surface area (Å²) in [5.74, 6) is 0. The molecule has 4 heteroatoms. The minimum Gasteiger partial charge on any atom is -0.455 e. The molecule has 0 radical (unpaired) electrons. The fraction of sp³-hybridized carbons (Fsp3) is 0.368. The first-order valence-corrected chi connectivity index (χ1v) is 9.37. The van der Waals surface area contributed by atoms with Gasteiger partial charge in [0.25, 0.3) is 0 Å². The smallest absolute Gasteiger partial charge is 0.148 e. The molecule has 1 heterocycles. The number of hydrogen-bond acceptors (Lipinski definition) is 3. The predicted molar refractivity (Wildman–Crippen MR) is 107 cm³/mol. The number of para-hydroxylation sites is 1. The molecule has 2 aromatic carbocycles. The lowest BCUT2D eigenvalue weighted by Crippen LogP contribution is -2.25. The highest BCUT2D eigenvalue weighted by atomic mass is 127. The van der Waals surface area contributed by atoms with E-state index in [0.29, 0.717) is 0 Å². The van der Waals surface area contributed by atoms with Crippen molar-refractivity contribution in [3.8, 4) is 0 Å². The van der Waals surface area contributed by atoms with Gasteiger partial charge in [-0.15, -0.1) is 0 Å². The van der Waals surface area contributed by atoms with Crippen molar-refractivity contribution in [2.24, 2.45) is 0 Å². The van der Waals surface area contributed by atoms with Crippen LogP contribution in [-0.2, 0) is 0 Å². The van der Waals surface area contributed by atoms with E-state index in [9.17, 15) is 0 Å². The maximum absolute atomic E-state index is 6.05. The number of anilines is 1. The van der Waals surface area contributed by atoms with Gasteiger partial charge in [0.15, 0.2) is 0 Å². The van der Waals surface area contributed by atoms with Crippen molar-refractivity contribution in [1.82, 2.24) is 4.90 Å². The molecule has 3 rings (SSSR count). The standard InChI is InChI=1S/C19H23IN2O/c1-3-22(4-2)12-6-11-21-14-9-10-15-16-7-5-8-17(20)19(16)23-18(15)13-14/h5,7-10,13,21H,3-4,6,11-12H2,1-2H3. The third-order valence-corrected chi connectivity index (χ3v) is 5.17. The highest BCUT2D eigenvalue weighted by molar-refractivity contribution is 14.1. The molecular formula is C19H23IN2O. The minimum absolute atomic E-state index is 0.956. The highest BCUT2D eigenvalue weighted by Gasteiger charge is 2.09. The molecule has 0 amide bonds. The van der Waals surface area contributed by atoms with Crippen molar-refractivity contribution in [1.29, 1.82) is 0 Å². The van der Waals surface area contributed by atoms with Gasteiger partial charge in [-0.1, -0.05) is 26.0 Å². The molecule has 0 saturated heterocycles. The molecule has 23 heavy (non-hydrogen) atoms. The first kappa shape index (κ1) is 16.6. The van der Waals surface area contributed by atoms with Gasteiger partial charge < -0.3 is 14.6 Å². The van der Waals surface area contributed by atoms with Crippen LogP contribution in [0.1, 0.15) is 20.3 Å². The Balaban J connectivity index is 1.71. The number of benzene rings is 2. The Morgan fingerprint density at radius 3 is 2.70 bits per heavy atom. The van der Waals surface area contributed by atoms with Gasteiger partial charge in [-0.3, -0.25) is 0 Å². The van der Waals surface area contributed by atoms with Crippen LogP contribution in [0.3, 0.4) is 0 Å². The van der Waals surface area contributed by atoms with E-state index in [-0.39, 0.29) is 0 Å². The van der Waals surface area contributed by atoms with Crippen molar-refractivity contribution in [3.63, 3.8) is 0 Å². The molecule has 3 nitrogen and oxygen atoms in total. The van der Waals surface area contributed by atoms with Gasteiger partial charge in [0.1, 0.15) is 11.2 Å². The summed E-state index contributed by atoms with van der Waals surface area (Å²) in [6.45, 7) is 8.81. The number of rotatable bonds is 7. The van der Waals surface area contributed by atoms with E-state index in [0.717, 1.165) is 53.0 Å². The maximum atomic E-state index is 6.05. The lowest BCUT2D eigenvalue weighted by Gasteiger charge is -2.17. The number of nitrogens with zero attached hydrogens (tertiary/aromatic N) is 1. The van der Waals surface area contributed by atoms with E-state index in [2.05, 4.69) is 83.1 Å². The summed E-state index contributed by atoms with van der Waals surface area (Å²) in [6.07, 6.45) is 1.15. The monoisotopic (exact) mass is 422 g/mol. The van der Waals surface area contributed by atoms with E-state index < -0.39 is 0 Å². The Bertz CT molecular complexity index is 793. The van der Waals surface area contributed by atoms with E-state index >= 15 is 0 Å². The van der Waals surface area contributed by atoms with Crippen molar-refractivity contribution in [2.75, 3.05) is 31.5 Å². The minimum atomic E-state index is 0.956. The quantitative estimate of drug-likeness (QED) is 0.412. The van der Waals surface area contributed by atoms with Crippen molar-refractivity contribution in [3.05, 3.63) is 40.0 Å². The molecule has 1 N–H and O–H groups in total. The molecule has 0 atom stereocenters. The zero-order chi connectivity index (χ0) is 16.2. The number of fused-ring (bicyclic) bond motifs is 3. The average molecular weight is 422 g/mol. The fourth-order valence-corrected chi connectivity index (χ4v) is 3.56. The molecule has 0 aliphatic rings. The average Bonchev–Trinajstić information content (AvgIpc) is 2.94. The van der Waals surface area contributed by atoms with Crippen LogP contribution in [-0.4, -0.2) is 31.1 Å². The molecule has 1 aromatic heterocycles. The Labute approximate surface area is 151 Å². The molecule has 122 valence electrons. The van der Waals surface area contributed by atoms with Crippen LogP contribution in [0.4, 0.5) is 5.69 Å². The molecule has 0 aliphatic heterocycles. The Hall–Kier alpha value is -1.27. The van der Waals surface area contributed by atoms with E-state index in [4.69, 9.17) is 4.42 Å². The number of hydrogen-bond donors (Lipinski definition) is 1. The summed E-state index contributed by atoms with van der Waals surface area (Å²) < 4.78 is 7.20. The van der Waals surface area contributed by atoms with Crippen molar-refractivity contribution >= 4 is 50.2 Å². The summed E-state index contributed by atoms with van der Waals surface area (Å²) in [5, 5.41) is 5.89. The van der Waals surface area contributed by atoms with Crippen LogP contribution in [0.25, 0.3) is 21.9 Å². The molecule has 0 unspecified atom stereocenters. The van der Waals surface area contributed by atoms with Gasteiger partial charge in [-0.05, 0) is 66.8 Å². The normalized spacial score (nSPS) is 11.7. The van der Waals surface area contributed by atoms with Crippen LogP contribution in [0.5, 0.6) is 0 Å². The Morgan fingerprint density at radius 2 is 1.91 bits per heavy atom. The molecule has 0 spiro atoms. The Morgan fingerprint density at radius 1 is 1.09 bits per heavy atom. The number of halogens is 1. The second-order valence-electron chi connectivity index (χ2n) is 5.74. The lowest BCUT2D eigenvalue weighted by atomic mass is 10.1. The van der Waals surface area contributed by atoms with Gasteiger partial charge in [-0.25, -0.2) is 0 Å². The SMILES string of the molecule is CCN(CC)CCCNc1ccc2c(c1)oc1c(I)cccc12. The zero-order valence-corrected chi connectivity index (χ0v) is 15.9. The molecule has 0 fully saturated rings. The fourth-order valence-electron chi connectivity index (χ4n) is 2.95. The van der Waals surface area contributed by atoms with Gasteiger partial charge in [0.05, 0.1) is 3.57 Å². The van der Waals surface area contributed by atoms with Gasteiger partial charge in [0, 0.05) is 29.1 Å². The van der Waals surface area contributed by atoms with Crippen LogP contribution in [0.15, 0.2) is 40.8 Å². The third-order valence-electron chi connectivity index (χ3n) is 4.33. The number of nitrogens with one attached hydrogen (secondary N) is 1. The first-order valence-electron chi connectivity index (χ1n) is 8.30. The highest BCUT2D eigenvalue weighted by Crippen LogP contribution is 2.32. The van der Waals surface area contributed by atoms with E-state index in [1.54, 1.807) is 0 Å². The second-order valence-corrected chi connectivity index (χ2v) is 6.90. The van der Waals surface area contributed by atoms with E-state index in [1.807, 2.05) is 0 Å². The van der Waals surface area contributed by atoms with Crippen molar-refractivity contribution < 1.29 is 4.42 Å². The van der Waals surface area contributed by atoms with Crippen LogP contribution < -0.4 is 5.32 Å². The lowest BCUT2D eigenvalue weighted by molar-refractivity contribution is 0.303. The third kappa shape index (κ3) is 3.63. The number of furan rings is 1. The molecule has 0 aliphatic carbocycles. The van der Waals surface area contributed by atoms with E-state index in [1.165, 1.54) is 10.8 Å². The molecule has 0 bridgehead atoms. The zero-order valence-electron chi connectivity index (χ0n) is 13.7. The van der Waals surface area contributed by atoms with Crippen LogP contribution in [0.2, 0.25) is 0 Å². The first-order chi connectivity index (χ1) is 11.2. The summed E-state index contributed by atoms with van der Waals surface area (Å²) in [6, 6.07) is 12.7. The second kappa shape index (κ2) is 7.53. The summed E-state index contributed by atoms with van der Waals surface area (Å²) in [4.78, 5) is 2.45. The van der Waals surface area contributed by atoms with Gasteiger partial charge >= 0.3 is 0 Å². The predicted octanol–water partition coefficient (Wildman–Crippen LogP) is 5.33. The summed E-state index contributed by atoms with van der Waals surface area (Å²) in [7, 11) is 0. The van der Waals surface area contributed by atoms with Gasteiger partial charge in [-0.2, -0.15) is 0 Å². The molecular weight excluding hydrogens is 399 g/mol. The summed E-state index contributed by atoms with van der Waals surface area (Å²) in [5.41, 5.74) is 3.07. The van der Waals surface area contributed by atoms with Gasteiger partial charge in [0.2, 0.25) is 0 Å². The largest absolute Gasteiger partial charge is 0.455 e. The summed E-state index contributed by atoms with van der Waals surface area (Å²) >= 11 is 2.33. The van der Waals surface area contributed by atoms with Crippen LogP contribution in [0, 0.1) is 3.57 Å². The topological polar surface area (TPSA) is 28.4 Å². The molecule has 0 saturated carbocycles. The van der Waals surface area contributed by atoms with Crippen molar-refractivity contribution in [2.45, 2.75) is 20.3 Å².